The zero-order chi connectivity index (χ0) is 11.7. The van der Waals surface area contributed by atoms with Crippen molar-refractivity contribution in [3.05, 3.63) is 35.3 Å². The van der Waals surface area contributed by atoms with Crippen LogP contribution < -0.4 is 5.73 Å². The lowest BCUT2D eigenvalue weighted by atomic mass is 10.1. The molecule has 0 radical (unpaired) electrons. The van der Waals surface area contributed by atoms with Gasteiger partial charge >= 0.3 is 0 Å². The van der Waals surface area contributed by atoms with E-state index in [9.17, 15) is 9.18 Å². The van der Waals surface area contributed by atoms with Gasteiger partial charge in [0.1, 0.15) is 11.4 Å². The van der Waals surface area contributed by atoms with Crippen LogP contribution in [-0.4, -0.2) is 12.3 Å². The van der Waals surface area contributed by atoms with Crippen molar-refractivity contribution >= 4 is 17.3 Å². The number of hydrogen-bond acceptors (Lipinski definition) is 3. The SMILES string of the molecule is CC(N)Cc1cc(F)cc2cc(C=O)oc12. The summed E-state index contributed by atoms with van der Waals surface area (Å²) in [5, 5.41) is 0.595. The van der Waals surface area contributed by atoms with Crippen LogP contribution >= 0.6 is 0 Å². The maximum atomic E-state index is 13.3. The number of nitrogens with two attached hydrogens (primary N) is 1. The maximum Gasteiger partial charge on any atom is 0.185 e. The van der Waals surface area contributed by atoms with Crippen LogP contribution in [0.15, 0.2) is 22.6 Å². The standard InChI is InChI=1S/C12H12FNO2/c1-7(14)2-8-3-10(13)4-9-5-11(6-15)16-12(8)9/h3-7H,2,14H2,1H3. The van der Waals surface area contributed by atoms with E-state index < -0.39 is 0 Å². The molecule has 0 bridgehead atoms. The van der Waals surface area contributed by atoms with E-state index in [0.29, 0.717) is 29.2 Å². The van der Waals surface area contributed by atoms with Gasteiger partial charge in [-0.3, -0.25) is 4.79 Å². The monoisotopic (exact) mass is 221 g/mol. The van der Waals surface area contributed by atoms with Crippen molar-refractivity contribution in [1.29, 1.82) is 0 Å². The quantitative estimate of drug-likeness (QED) is 0.809. The summed E-state index contributed by atoms with van der Waals surface area (Å²) in [4.78, 5) is 10.6. The van der Waals surface area contributed by atoms with Crippen LogP contribution in [0.1, 0.15) is 23.0 Å². The number of rotatable bonds is 3. The molecule has 1 unspecified atom stereocenters. The Labute approximate surface area is 92.0 Å². The van der Waals surface area contributed by atoms with Gasteiger partial charge in [0.25, 0.3) is 0 Å². The summed E-state index contributed by atoms with van der Waals surface area (Å²) >= 11 is 0. The highest BCUT2D eigenvalue weighted by Gasteiger charge is 2.11. The molecule has 0 aliphatic carbocycles. The fourth-order valence-corrected chi connectivity index (χ4v) is 1.76. The Bertz CT molecular complexity index is 531. The van der Waals surface area contributed by atoms with Crippen molar-refractivity contribution < 1.29 is 13.6 Å². The average molecular weight is 221 g/mol. The Morgan fingerprint density at radius 2 is 2.25 bits per heavy atom. The van der Waals surface area contributed by atoms with Crippen molar-refractivity contribution in [3.63, 3.8) is 0 Å². The zero-order valence-corrected chi connectivity index (χ0v) is 8.87. The summed E-state index contributed by atoms with van der Waals surface area (Å²) in [6, 6.07) is 4.17. The van der Waals surface area contributed by atoms with Crippen LogP contribution in [-0.2, 0) is 6.42 Å². The number of carbonyl (C=O) groups is 1. The molecule has 0 aliphatic heterocycles. The van der Waals surface area contributed by atoms with Gasteiger partial charge in [0.2, 0.25) is 0 Å². The van der Waals surface area contributed by atoms with Crippen LogP contribution in [0.4, 0.5) is 4.39 Å². The van der Waals surface area contributed by atoms with E-state index in [1.165, 1.54) is 18.2 Å². The van der Waals surface area contributed by atoms with Gasteiger partial charge in [-0.15, -0.1) is 0 Å². The molecule has 0 saturated carbocycles. The summed E-state index contributed by atoms with van der Waals surface area (Å²) in [5.41, 5.74) is 6.91. The Balaban J connectivity index is 2.61. The molecule has 4 heteroatoms. The van der Waals surface area contributed by atoms with E-state index in [0.717, 1.165) is 0 Å². The van der Waals surface area contributed by atoms with Gasteiger partial charge in [-0.25, -0.2) is 4.39 Å². The van der Waals surface area contributed by atoms with E-state index >= 15 is 0 Å². The second-order valence-electron chi connectivity index (χ2n) is 3.93. The van der Waals surface area contributed by atoms with E-state index in [4.69, 9.17) is 10.2 Å². The molecule has 0 aliphatic rings. The molecule has 3 nitrogen and oxygen atoms in total. The number of benzene rings is 1. The highest BCUT2D eigenvalue weighted by Crippen LogP contribution is 2.24. The largest absolute Gasteiger partial charge is 0.453 e. The first-order chi connectivity index (χ1) is 7.60. The second-order valence-corrected chi connectivity index (χ2v) is 3.93. The molecular weight excluding hydrogens is 209 g/mol. The minimum atomic E-state index is -0.346. The minimum absolute atomic E-state index is 0.0882. The maximum absolute atomic E-state index is 13.3. The highest BCUT2D eigenvalue weighted by molar-refractivity contribution is 5.87. The Hall–Kier alpha value is -1.68. The minimum Gasteiger partial charge on any atom is -0.453 e. The zero-order valence-electron chi connectivity index (χ0n) is 8.87. The van der Waals surface area contributed by atoms with Crippen LogP contribution in [0.5, 0.6) is 0 Å². The molecule has 0 fully saturated rings. The van der Waals surface area contributed by atoms with E-state index in [2.05, 4.69) is 0 Å². The summed E-state index contributed by atoms with van der Waals surface area (Å²) in [6.45, 7) is 1.83. The number of aldehydes is 1. The number of furan rings is 1. The fraction of sp³-hybridized carbons (Fsp3) is 0.250. The van der Waals surface area contributed by atoms with E-state index in [1.54, 1.807) is 0 Å². The molecule has 1 aromatic carbocycles. The van der Waals surface area contributed by atoms with Crippen LogP contribution in [0.25, 0.3) is 11.0 Å². The number of carbonyl (C=O) groups excluding carboxylic acids is 1. The lowest BCUT2D eigenvalue weighted by Crippen LogP contribution is -2.17. The molecule has 2 rings (SSSR count). The summed E-state index contributed by atoms with van der Waals surface area (Å²) in [5.74, 6) is -0.145. The summed E-state index contributed by atoms with van der Waals surface area (Å²) < 4.78 is 18.6. The first-order valence-electron chi connectivity index (χ1n) is 5.03. The molecule has 2 aromatic rings. The highest BCUT2D eigenvalue weighted by atomic mass is 19.1. The molecule has 1 aromatic heterocycles. The molecule has 2 N–H and O–H groups in total. The van der Waals surface area contributed by atoms with Crippen molar-refractivity contribution in [2.75, 3.05) is 0 Å². The molecule has 1 atom stereocenters. The molecule has 84 valence electrons. The smallest absolute Gasteiger partial charge is 0.185 e. The first kappa shape index (κ1) is 10.8. The molecule has 0 amide bonds. The van der Waals surface area contributed by atoms with Crippen molar-refractivity contribution in [2.24, 2.45) is 5.73 Å². The Kier molecular flexibility index (Phi) is 2.75. The molecule has 1 heterocycles. The summed E-state index contributed by atoms with van der Waals surface area (Å²) in [6.07, 6.45) is 1.12. The van der Waals surface area contributed by atoms with Gasteiger partial charge in [0.05, 0.1) is 0 Å². The number of halogens is 1. The number of hydrogen-bond donors (Lipinski definition) is 1. The number of fused-ring (bicyclic) bond motifs is 1. The third-order valence-corrected chi connectivity index (χ3v) is 2.34. The normalized spacial score (nSPS) is 12.9. The van der Waals surface area contributed by atoms with Gasteiger partial charge in [0, 0.05) is 11.4 Å². The van der Waals surface area contributed by atoms with E-state index in [-0.39, 0.29) is 17.6 Å². The Morgan fingerprint density at radius 1 is 1.50 bits per heavy atom. The Morgan fingerprint density at radius 3 is 2.88 bits per heavy atom. The first-order valence-corrected chi connectivity index (χ1v) is 5.03. The van der Waals surface area contributed by atoms with Crippen molar-refractivity contribution in [1.82, 2.24) is 0 Å². The van der Waals surface area contributed by atoms with Crippen molar-refractivity contribution in [3.8, 4) is 0 Å². The predicted octanol–water partition coefficient (Wildman–Crippen LogP) is 2.27. The third-order valence-electron chi connectivity index (χ3n) is 2.34. The van der Waals surface area contributed by atoms with Gasteiger partial charge in [0.15, 0.2) is 12.0 Å². The van der Waals surface area contributed by atoms with Gasteiger partial charge in [-0.05, 0) is 37.1 Å². The van der Waals surface area contributed by atoms with Gasteiger partial charge < -0.3 is 10.2 Å². The second kappa shape index (κ2) is 4.06. The van der Waals surface area contributed by atoms with Crippen LogP contribution in [0, 0.1) is 5.82 Å². The topological polar surface area (TPSA) is 56.2 Å². The third kappa shape index (κ3) is 1.97. The molecule has 0 spiro atoms. The lowest BCUT2D eigenvalue weighted by molar-refractivity contribution is 0.110. The predicted molar refractivity (Wildman–Crippen MR) is 58.9 cm³/mol. The molecule has 16 heavy (non-hydrogen) atoms. The lowest BCUT2D eigenvalue weighted by Gasteiger charge is -2.05. The summed E-state index contributed by atoms with van der Waals surface area (Å²) in [7, 11) is 0. The van der Waals surface area contributed by atoms with Gasteiger partial charge in [-0.1, -0.05) is 0 Å². The van der Waals surface area contributed by atoms with Gasteiger partial charge in [-0.2, -0.15) is 0 Å². The van der Waals surface area contributed by atoms with E-state index in [1.807, 2.05) is 6.92 Å². The molecule has 0 saturated heterocycles. The van der Waals surface area contributed by atoms with Crippen molar-refractivity contribution in [2.45, 2.75) is 19.4 Å². The molecular formula is C12H12FNO2. The van der Waals surface area contributed by atoms with Crippen LogP contribution in [0.3, 0.4) is 0 Å². The fourth-order valence-electron chi connectivity index (χ4n) is 1.76. The van der Waals surface area contributed by atoms with Crippen LogP contribution in [0.2, 0.25) is 0 Å². The average Bonchev–Trinajstić information content (AvgIpc) is 2.59.